The Kier molecular flexibility index (Phi) is 5.45. The summed E-state index contributed by atoms with van der Waals surface area (Å²) in [7, 11) is 0. The van der Waals surface area contributed by atoms with Crippen LogP contribution in [-0.4, -0.2) is 22.3 Å². The fourth-order valence-electron chi connectivity index (χ4n) is 2.16. The van der Waals surface area contributed by atoms with Crippen LogP contribution >= 0.6 is 11.3 Å². The second-order valence-electron chi connectivity index (χ2n) is 5.26. The van der Waals surface area contributed by atoms with Crippen molar-refractivity contribution in [1.82, 2.24) is 4.98 Å². The zero-order valence-corrected chi connectivity index (χ0v) is 14.4. The molecule has 0 saturated carbocycles. The molecule has 3 rings (SSSR count). The van der Waals surface area contributed by atoms with E-state index in [4.69, 9.17) is 10.5 Å². The number of nitrogen functional groups attached to an aromatic ring is 1. The quantitative estimate of drug-likeness (QED) is 0.436. The number of anilines is 2. The van der Waals surface area contributed by atoms with E-state index in [9.17, 15) is 9.90 Å². The summed E-state index contributed by atoms with van der Waals surface area (Å²) in [5.41, 5.74) is 9.72. The van der Waals surface area contributed by atoms with Gasteiger partial charge in [-0.05, 0) is 29.8 Å². The van der Waals surface area contributed by atoms with Gasteiger partial charge in [0.2, 0.25) is 11.2 Å². The van der Waals surface area contributed by atoms with Crippen LogP contribution in [0.25, 0.3) is 0 Å². The summed E-state index contributed by atoms with van der Waals surface area (Å²) < 4.78 is 5.61. The lowest BCUT2D eigenvalue weighted by Gasteiger charge is -2.15. The first-order valence-electron chi connectivity index (χ1n) is 7.66. The number of nitrogens with one attached hydrogen (secondary N) is 1. The number of aliphatic carboxylic acids is 1. The fraction of sp³-hybridized carbons (Fsp3) is 0.0556. The number of benzene rings is 2. The van der Waals surface area contributed by atoms with Crippen molar-refractivity contribution in [3.05, 3.63) is 71.1 Å². The SMILES string of the molecule is Nc1csc(NN=Cc2ccc(OC(C(=O)O)c3ccccc3)cc2)n1. The molecule has 0 bridgehead atoms. The Morgan fingerprint density at radius 3 is 2.58 bits per heavy atom. The highest BCUT2D eigenvalue weighted by Gasteiger charge is 2.21. The van der Waals surface area contributed by atoms with Crippen molar-refractivity contribution in [1.29, 1.82) is 0 Å². The Hall–Kier alpha value is -3.39. The Morgan fingerprint density at radius 1 is 1.23 bits per heavy atom. The normalized spacial score (nSPS) is 12.0. The van der Waals surface area contributed by atoms with E-state index in [2.05, 4.69) is 15.5 Å². The summed E-state index contributed by atoms with van der Waals surface area (Å²) >= 11 is 1.36. The lowest BCUT2D eigenvalue weighted by Crippen LogP contribution is -2.18. The molecular formula is C18H16N4O3S. The number of carbonyl (C=O) groups is 1. The molecule has 1 heterocycles. The van der Waals surface area contributed by atoms with Gasteiger partial charge in [-0.3, -0.25) is 5.43 Å². The minimum Gasteiger partial charge on any atom is -0.478 e. The monoisotopic (exact) mass is 368 g/mol. The molecule has 7 nitrogen and oxygen atoms in total. The molecule has 0 aliphatic rings. The van der Waals surface area contributed by atoms with Crippen LogP contribution < -0.4 is 15.9 Å². The predicted octanol–water partition coefficient (Wildman–Crippen LogP) is 3.38. The molecule has 0 amide bonds. The minimum absolute atomic E-state index is 0.445. The maximum Gasteiger partial charge on any atom is 0.349 e. The van der Waals surface area contributed by atoms with E-state index in [1.165, 1.54) is 11.3 Å². The van der Waals surface area contributed by atoms with Crippen LogP contribution in [0.3, 0.4) is 0 Å². The third-order valence-corrected chi connectivity index (χ3v) is 4.12. The highest BCUT2D eigenvalue weighted by Crippen LogP contribution is 2.22. The van der Waals surface area contributed by atoms with Gasteiger partial charge in [-0.1, -0.05) is 30.3 Å². The lowest BCUT2D eigenvalue weighted by atomic mass is 10.1. The van der Waals surface area contributed by atoms with Crippen molar-refractivity contribution in [2.75, 3.05) is 11.2 Å². The van der Waals surface area contributed by atoms with E-state index in [1.54, 1.807) is 60.1 Å². The van der Waals surface area contributed by atoms with Crippen LogP contribution in [-0.2, 0) is 4.79 Å². The summed E-state index contributed by atoms with van der Waals surface area (Å²) in [6.07, 6.45) is 0.556. The van der Waals surface area contributed by atoms with Gasteiger partial charge in [0.05, 0.1) is 6.21 Å². The molecule has 0 fully saturated rings. The van der Waals surface area contributed by atoms with Crippen LogP contribution in [0.4, 0.5) is 10.9 Å². The highest BCUT2D eigenvalue weighted by molar-refractivity contribution is 7.14. The largest absolute Gasteiger partial charge is 0.478 e. The standard InChI is InChI=1S/C18H16N4O3S/c19-15-11-26-18(21-15)22-20-10-12-6-8-14(9-7-12)25-16(17(23)24)13-4-2-1-3-5-13/h1-11,16H,19H2,(H,21,22)(H,23,24). The average Bonchev–Trinajstić information content (AvgIpc) is 3.06. The Balaban J connectivity index is 1.64. The van der Waals surface area contributed by atoms with E-state index in [0.29, 0.717) is 22.3 Å². The molecule has 0 spiro atoms. The second-order valence-corrected chi connectivity index (χ2v) is 6.12. The summed E-state index contributed by atoms with van der Waals surface area (Å²) in [5.74, 6) is -0.145. The zero-order valence-electron chi connectivity index (χ0n) is 13.6. The first kappa shape index (κ1) is 17.4. The number of hydrogen-bond donors (Lipinski definition) is 3. The number of carboxylic acid groups (broad SMARTS) is 1. The number of hydrazone groups is 1. The maximum atomic E-state index is 11.5. The van der Waals surface area contributed by atoms with Gasteiger partial charge in [0.15, 0.2) is 0 Å². The van der Waals surface area contributed by atoms with Gasteiger partial charge < -0.3 is 15.6 Å². The first-order valence-corrected chi connectivity index (χ1v) is 8.54. The molecule has 0 aliphatic heterocycles. The second kappa shape index (κ2) is 8.13. The minimum atomic E-state index is -1.06. The van der Waals surface area contributed by atoms with E-state index in [-0.39, 0.29) is 0 Å². The van der Waals surface area contributed by atoms with Crippen molar-refractivity contribution in [2.45, 2.75) is 6.10 Å². The summed E-state index contributed by atoms with van der Waals surface area (Å²) in [5, 5.41) is 15.8. The molecule has 132 valence electrons. The fourth-order valence-corrected chi connectivity index (χ4v) is 2.71. The number of nitrogens with two attached hydrogens (primary N) is 1. The first-order chi connectivity index (χ1) is 12.6. The van der Waals surface area contributed by atoms with Gasteiger partial charge in [-0.2, -0.15) is 5.10 Å². The predicted molar refractivity (Wildman–Crippen MR) is 102 cm³/mol. The average molecular weight is 368 g/mol. The van der Waals surface area contributed by atoms with Gasteiger partial charge in [0.25, 0.3) is 0 Å². The summed E-state index contributed by atoms with van der Waals surface area (Å²) in [6, 6.07) is 15.8. The molecule has 0 saturated heterocycles. The van der Waals surface area contributed by atoms with E-state index >= 15 is 0 Å². The molecular weight excluding hydrogens is 352 g/mol. The van der Waals surface area contributed by atoms with E-state index < -0.39 is 12.1 Å². The molecule has 4 N–H and O–H groups in total. The van der Waals surface area contributed by atoms with Crippen molar-refractivity contribution in [3.63, 3.8) is 0 Å². The van der Waals surface area contributed by atoms with Gasteiger partial charge in [0.1, 0.15) is 11.6 Å². The maximum absolute atomic E-state index is 11.5. The summed E-state index contributed by atoms with van der Waals surface area (Å²) in [4.78, 5) is 15.5. The third-order valence-electron chi connectivity index (χ3n) is 3.36. The van der Waals surface area contributed by atoms with Crippen LogP contribution in [0.2, 0.25) is 0 Å². The van der Waals surface area contributed by atoms with Crippen molar-refractivity contribution < 1.29 is 14.6 Å². The number of ether oxygens (including phenoxy) is 1. The number of hydrogen-bond acceptors (Lipinski definition) is 7. The molecule has 0 aliphatic carbocycles. The summed E-state index contributed by atoms with van der Waals surface area (Å²) in [6.45, 7) is 0. The number of nitrogens with zero attached hydrogens (tertiary/aromatic N) is 2. The van der Waals surface area contributed by atoms with E-state index in [0.717, 1.165) is 5.56 Å². The number of aromatic nitrogens is 1. The Labute approximate surface area is 153 Å². The lowest BCUT2D eigenvalue weighted by molar-refractivity contribution is -0.145. The smallest absolute Gasteiger partial charge is 0.349 e. The van der Waals surface area contributed by atoms with Crippen molar-refractivity contribution in [3.8, 4) is 5.75 Å². The molecule has 8 heteroatoms. The molecule has 2 aromatic carbocycles. The van der Waals surface area contributed by atoms with Crippen LogP contribution in [0, 0.1) is 0 Å². The molecule has 1 aromatic heterocycles. The van der Waals surface area contributed by atoms with E-state index in [1.807, 2.05) is 6.07 Å². The number of rotatable bonds is 7. The molecule has 1 unspecified atom stereocenters. The van der Waals surface area contributed by atoms with Gasteiger partial charge >= 0.3 is 5.97 Å². The van der Waals surface area contributed by atoms with Gasteiger partial charge in [-0.15, -0.1) is 11.3 Å². The van der Waals surface area contributed by atoms with Crippen LogP contribution in [0.15, 0.2) is 65.1 Å². The molecule has 1 atom stereocenters. The number of carboxylic acids is 1. The Morgan fingerprint density at radius 2 is 1.96 bits per heavy atom. The number of thiazole rings is 1. The van der Waals surface area contributed by atoms with Gasteiger partial charge in [-0.25, -0.2) is 9.78 Å². The van der Waals surface area contributed by atoms with Crippen molar-refractivity contribution in [2.24, 2.45) is 5.10 Å². The van der Waals surface area contributed by atoms with Gasteiger partial charge in [0, 0.05) is 10.9 Å². The molecule has 0 radical (unpaired) electrons. The van der Waals surface area contributed by atoms with Crippen molar-refractivity contribution >= 4 is 34.5 Å². The zero-order chi connectivity index (χ0) is 18.4. The molecule has 26 heavy (non-hydrogen) atoms. The van der Waals surface area contributed by atoms with Crippen LogP contribution in [0.5, 0.6) is 5.75 Å². The highest BCUT2D eigenvalue weighted by atomic mass is 32.1. The topological polar surface area (TPSA) is 110 Å². The van der Waals surface area contributed by atoms with Crippen LogP contribution in [0.1, 0.15) is 17.2 Å². The Bertz CT molecular complexity index is 894. The third kappa shape index (κ3) is 4.58. The molecule has 3 aromatic rings.